The molecule has 0 radical (unpaired) electrons. The summed E-state index contributed by atoms with van der Waals surface area (Å²) in [6.45, 7) is 3.43. The first-order chi connectivity index (χ1) is 10.2. The molecule has 0 amide bonds. The van der Waals surface area contributed by atoms with Gasteiger partial charge in [0, 0.05) is 12.0 Å². The van der Waals surface area contributed by atoms with Gasteiger partial charge in [-0.25, -0.2) is 0 Å². The van der Waals surface area contributed by atoms with Gasteiger partial charge in [0.2, 0.25) is 0 Å². The average Bonchev–Trinajstić information content (AvgIpc) is 2.91. The van der Waals surface area contributed by atoms with E-state index in [-0.39, 0.29) is 12.1 Å². The van der Waals surface area contributed by atoms with Gasteiger partial charge in [-0.1, -0.05) is 18.2 Å². The zero-order chi connectivity index (χ0) is 14.7. The SMILES string of the molecule is CC1CCC(CN=C(N)NC2CCOc3ccccc32)O1. The number of nitrogens with two attached hydrogens (primary N) is 1. The number of nitrogens with zero attached hydrogens (tertiary/aromatic N) is 1. The van der Waals surface area contributed by atoms with Crippen molar-refractivity contribution in [3.8, 4) is 5.75 Å². The predicted octanol–water partition coefficient (Wildman–Crippen LogP) is 1.98. The number of rotatable bonds is 3. The zero-order valence-electron chi connectivity index (χ0n) is 12.4. The van der Waals surface area contributed by atoms with E-state index < -0.39 is 0 Å². The van der Waals surface area contributed by atoms with Crippen molar-refractivity contribution in [2.24, 2.45) is 10.7 Å². The molecule has 5 heteroatoms. The van der Waals surface area contributed by atoms with Crippen molar-refractivity contribution >= 4 is 5.96 Å². The van der Waals surface area contributed by atoms with E-state index in [1.54, 1.807) is 0 Å². The van der Waals surface area contributed by atoms with E-state index in [4.69, 9.17) is 15.2 Å². The molecule has 1 aromatic rings. The number of para-hydroxylation sites is 1. The lowest BCUT2D eigenvalue weighted by molar-refractivity contribution is 0.0615. The Morgan fingerprint density at radius 2 is 2.19 bits per heavy atom. The summed E-state index contributed by atoms with van der Waals surface area (Å²) in [4.78, 5) is 4.43. The van der Waals surface area contributed by atoms with E-state index >= 15 is 0 Å². The zero-order valence-corrected chi connectivity index (χ0v) is 12.4. The average molecular weight is 289 g/mol. The fourth-order valence-corrected chi connectivity index (χ4v) is 2.94. The summed E-state index contributed by atoms with van der Waals surface area (Å²) in [5.74, 6) is 1.42. The van der Waals surface area contributed by atoms with E-state index in [0.717, 1.165) is 30.6 Å². The number of guanidine groups is 1. The van der Waals surface area contributed by atoms with Gasteiger partial charge >= 0.3 is 0 Å². The second kappa shape index (κ2) is 6.35. The van der Waals surface area contributed by atoms with Gasteiger partial charge in [0.05, 0.1) is 31.4 Å². The molecule has 5 nitrogen and oxygen atoms in total. The summed E-state index contributed by atoms with van der Waals surface area (Å²) in [6, 6.07) is 8.23. The van der Waals surface area contributed by atoms with E-state index in [9.17, 15) is 0 Å². The van der Waals surface area contributed by atoms with Gasteiger partial charge in [0.1, 0.15) is 5.75 Å². The number of hydrogen-bond donors (Lipinski definition) is 2. The topological polar surface area (TPSA) is 68.9 Å². The Labute approximate surface area is 125 Å². The summed E-state index contributed by atoms with van der Waals surface area (Å²) in [7, 11) is 0. The molecule has 2 heterocycles. The van der Waals surface area contributed by atoms with E-state index in [2.05, 4.69) is 23.3 Å². The Kier molecular flexibility index (Phi) is 4.29. The molecule has 1 saturated heterocycles. The summed E-state index contributed by atoms with van der Waals surface area (Å²) in [6.07, 6.45) is 3.63. The minimum absolute atomic E-state index is 0.169. The number of fused-ring (bicyclic) bond motifs is 1. The molecule has 0 bridgehead atoms. The second-order valence-electron chi connectivity index (χ2n) is 5.74. The maximum absolute atomic E-state index is 6.02. The number of ether oxygens (including phenoxy) is 2. The van der Waals surface area contributed by atoms with Crippen LogP contribution in [0.15, 0.2) is 29.3 Å². The molecule has 3 rings (SSSR count). The first kappa shape index (κ1) is 14.2. The van der Waals surface area contributed by atoms with Crippen LogP contribution < -0.4 is 15.8 Å². The molecule has 1 fully saturated rings. The van der Waals surface area contributed by atoms with Gasteiger partial charge in [0.25, 0.3) is 0 Å². The van der Waals surface area contributed by atoms with Crippen molar-refractivity contribution in [3.63, 3.8) is 0 Å². The van der Waals surface area contributed by atoms with Crippen LogP contribution in [0, 0.1) is 0 Å². The molecule has 0 aromatic heterocycles. The Balaban J connectivity index is 1.59. The number of hydrogen-bond acceptors (Lipinski definition) is 3. The van der Waals surface area contributed by atoms with Gasteiger partial charge in [-0.2, -0.15) is 0 Å². The predicted molar refractivity (Wildman–Crippen MR) is 82.5 cm³/mol. The third kappa shape index (κ3) is 3.47. The van der Waals surface area contributed by atoms with E-state index in [1.165, 1.54) is 0 Å². The lowest BCUT2D eigenvalue weighted by Gasteiger charge is -2.27. The molecule has 0 aliphatic carbocycles. The summed E-state index contributed by atoms with van der Waals surface area (Å²) < 4.78 is 11.4. The smallest absolute Gasteiger partial charge is 0.189 e. The Hall–Kier alpha value is -1.75. The summed E-state index contributed by atoms with van der Waals surface area (Å²) in [5.41, 5.74) is 7.16. The van der Waals surface area contributed by atoms with Gasteiger partial charge in [-0.15, -0.1) is 0 Å². The largest absolute Gasteiger partial charge is 0.493 e. The first-order valence-corrected chi connectivity index (χ1v) is 7.66. The highest BCUT2D eigenvalue weighted by Gasteiger charge is 2.23. The molecule has 21 heavy (non-hydrogen) atoms. The van der Waals surface area contributed by atoms with Crippen LogP contribution in [0.5, 0.6) is 5.75 Å². The van der Waals surface area contributed by atoms with Gasteiger partial charge in [0.15, 0.2) is 5.96 Å². The minimum atomic E-state index is 0.169. The third-order valence-electron chi connectivity index (χ3n) is 4.07. The number of nitrogens with one attached hydrogen (secondary N) is 1. The van der Waals surface area contributed by atoms with Crippen LogP contribution in [0.4, 0.5) is 0 Å². The fourth-order valence-electron chi connectivity index (χ4n) is 2.94. The molecular weight excluding hydrogens is 266 g/mol. The first-order valence-electron chi connectivity index (χ1n) is 7.66. The molecular formula is C16H23N3O2. The van der Waals surface area contributed by atoms with E-state index in [0.29, 0.717) is 25.2 Å². The van der Waals surface area contributed by atoms with Crippen LogP contribution in [0.1, 0.15) is 37.8 Å². The second-order valence-corrected chi connectivity index (χ2v) is 5.74. The molecule has 2 aliphatic heterocycles. The molecule has 0 spiro atoms. The van der Waals surface area contributed by atoms with Crippen molar-refractivity contribution in [2.75, 3.05) is 13.2 Å². The molecule has 0 saturated carbocycles. The number of benzene rings is 1. The lowest BCUT2D eigenvalue weighted by Crippen LogP contribution is -2.37. The van der Waals surface area contributed by atoms with Crippen molar-refractivity contribution in [3.05, 3.63) is 29.8 Å². The van der Waals surface area contributed by atoms with Crippen LogP contribution in [-0.2, 0) is 4.74 Å². The normalized spacial score (nSPS) is 28.8. The van der Waals surface area contributed by atoms with Crippen molar-refractivity contribution < 1.29 is 9.47 Å². The van der Waals surface area contributed by atoms with Gasteiger partial charge < -0.3 is 20.5 Å². The Bertz CT molecular complexity index is 518. The lowest BCUT2D eigenvalue weighted by atomic mass is 10.0. The molecule has 2 aliphatic rings. The molecule has 3 N–H and O–H groups in total. The summed E-state index contributed by atoms with van der Waals surface area (Å²) in [5, 5.41) is 3.30. The quantitative estimate of drug-likeness (QED) is 0.659. The third-order valence-corrected chi connectivity index (χ3v) is 4.07. The highest BCUT2D eigenvalue weighted by molar-refractivity contribution is 5.78. The fraction of sp³-hybridized carbons (Fsp3) is 0.562. The Morgan fingerprint density at radius 3 is 3.00 bits per heavy atom. The van der Waals surface area contributed by atoms with Crippen LogP contribution >= 0.6 is 0 Å². The van der Waals surface area contributed by atoms with Gasteiger partial charge in [-0.05, 0) is 25.8 Å². The molecule has 3 unspecified atom stereocenters. The summed E-state index contributed by atoms with van der Waals surface area (Å²) >= 11 is 0. The molecule has 3 atom stereocenters. The Morgan fingerprint density at radius 1 is 1.33 bits per heavy atom. The monoisotopic (exact) mass is 289 g/mol. The van der Waals surface area contributed by atoms with Crippen molar-refractivity contribution in [1.82, 2.24) is 5.32 Å². The van der Waals surface area contributed by atoms with Crippen molar-refractivity contribution in [2.45, 2.75) is 44.4 Å². The van der Waals surface area contributed by atoms with Crippen LogP contribution in [0.3, 0.4) is 0 Å². The minimum Gasteiger partial charge on any atom is -0.493 e. The van der Waals surface area contributed by atoms with Gasteiger partial charge in [-0.3, -0.25) is 4.99 Å². The highest BCUT2D eigenvalue weighted by atomic mass is 16.5. The number of aliphatic imine (C=N–C) groups is 1. The van der Waals surface area contributed by atoms with E-state index in [1.807, 2.05) is 18.2 Å². The molecule has 114 valence electrons. The van der Waals surface area contributed by atoms with Crippen LogP contribution in [0.25, 0.3) is 0 Å². The standard InChI is InChI=1S/C16H23N3O2/c1-11-6-7-12(21-11)10-18-16(17)19-14-8-9-20-15-5-3-2-4-13(14)15/h2-5,11-12,14H,6-10H2,1H3,(H3,17,18,19). The maximum Gasteiger partial charge on any atom is 0.189 e. The van der Waals surface area contributed by atoms with Crippen molar-refractivity contribution in [1.29, 1.82) is 0 Å². The van der Waals surface area contributed by atoms with Crippen LogP contribution in [-0.4, -0.2) is 31.3 Å². The van der Waals surface area contributed by atoms with Crippen LogP contribution in [0.2, 0.25) is 0 Å². The highest BCUT2D eigenvalue weighted by Crippen LogP contribution is 2.31. The maximum atomic E-state index is 6.02. The molecule has 1 aromatic carbocycles.